The average molecular weight is 538 g/mol. The Morgan fingerprint density at radius 2 is 1.97 bits per heavy atom. The van der Waals surface area contributed by atoms with Crippen molar-refractivity contribution in [2.24, 2.45) is 18.9 Å². The molecule has 38 heavy (non-hydrogen) atoms. The van der Waals surface area contributed by atoms with Crippen LogP contribution in [0.3, 0.4) is 0 Å². The average Bonchev–Trinajstić information content (AvgIpc) is 3.12. The number of aryl methyl sites for hydroxylation is 2. The first-order valence-corrected chi connectivity index (χ1v) is 13.9. The molecule has 2 aromatic carbocycles. The summed E-state index contributed by atoms with van der Waals surface area (Å²) < 4.78 is 41.6. The first kappa shape index (κ1) is 24.7. The molecule has 2 N–H and O–H groups in total. The Balaban J connectivity index is 1.38. The van der Waals surface area contributed by atoms with Gasteiger partial charge < -0.3 is 15.6 Å². The number of hydrogen-bond acceptors (Lipinski definition) is 7. The van der Waals surface area contributed by atoms with E-state index in [9.17, 15) is 17.6 Å². The minimum atomic E-state index is -3.88. The van der Waals surface area contributed by atoms with E-state index < -0.39 is 15.4 Å². The molecule has 12 heteroatoms. The molecule has 1 aliphatic carbocycles. The van der Waals surface area contributed by atoms with E-state index in [-0.39, 0.29) is 41.7 Å². The van der Waals surface area contributed by atoms with E-state index in [4.69, 9.17) is 5.41 Å². The predicted octanol–water partition coefficient (Wildman–Crippen LogP) is 2.42. The van der Waals surface area contributed by atoms with Crippen molar-refractivity contribution in [3.63, 3.8) is 0 Å². The van der Waals surface area contributed by atoms with E-state index in [0.717, 1.165) is 30.6 Å². The van der Waals surface area contributed by atoms with Gasteiger partial charge in [0.25, 0.3) is 10.0 Å². The second-order valence-corrected chi connectivity index (χ2v) is 12.2. The topological polar surface area (TPSA) is 124 Å². The number of anilines is 2. The maximum Gasteiger partial charge on any atom is 0.264 e. The number of sulfonamides is 1. The summed E-state index contributed by atoms with van der Waals surface area (Å²) in [7, 11) is -2.32. The number of fused-ring (bicyclic) bond motifs is 1. The summed E-state index contributed by atoms with van der Waals surface area (Å²) >= 11 is 0. The first-order chi connectivity index (χ1) is 18.1. The van der Waals surface area contributed by atoms with Gasteiger partial charge in [-0.3, -0.25) is 4.79 Å². The lowest BCUT2D eigenvalue weighted by Gasteiger charge is -2.33. The molecule has 10 nitrogen and oxygen atoms in total. The molecule has 2 saturated heterocycles. The SMILES string of the molecule is Cc1cc(Nc2ccc(F)cc2)c(C=N)cc1[C@]12CN(S(=O)(=O)c3cnn(C)n3)C[C@H]1[C@@H]2C(=O)N1CCC1. The molecule has 1 saturated carbocycles. The van der Waals surface area contributed by atoms with Gasteiger partial charge in [0.05, 0.1) is 12.1 Å². The van der Waals surface area contributed by atoms with Crippen LogP contribution in [0.4, 0.5) is 15.8 Å². The number of piperidine rings is 1. The minimum Gasteiger partial charge on any atom is -0.355 e. The predicted molar refractivity (Wildman–Crippen MR) is 138 cm³/mol. The van der Waals surface area contributed by atoms with Gasteiger partial charge in [-0.15, -0.1) is 5.10 Å². The van der Waals surface area contributed by atoms with Gasteiger partial charge in [0.15, 0.2) is 0 Å². The highest BCUT2D eigenvalue weighted by atomic mass is 32.2. The highest BCUT2D eigenvalue weighted by molar-refractivity contribution is 7.89. The lowest BCUT2D eigenvalue weighted by molar-refractivity contribution is -0.137. The van der Waals surface area contributed by atoms with Crippen molar-refractivity contribution in [2.75, 3.05) is 31.5 Å². The van der Waals surface area contributed by atoms with Crippen LogP contribution in [-0.2, 0) is 27.3 Å². The Kier molecular flexibility index (Phi) is 5.65. The number of halogens is 1. The van der Waals surface area contributed by atoms with E-state index >= 15 is 0 Å². The van der Waals surface area contributed by atoms with Crippen LogP contribution in [0.25, 0.3) is 0 Å². The van der Waals surface area contributed by atoms with Crippen LogP contribution in [0, 0.1) is 30.0 Å². The molecule has 198 valence electrons. The maximum atomic E-state index is 13.5. The zero-order chi connectivity index (χ0) is 26.8. The number of carbonyl (C=O) groups is 1. The van der Waals surface area contributed by atoms with Crippen molar-refractivity contribution in [2.45, 2.75) is 23.8 Å². The van der Waals surface area contributed by atoms with Crippen LogP contribution in [-0.4, -0.2) is 70.9 Å². The number of amides is 1. The van der Waals surface area contributed by atoms with Crippen molar-refractivity contribution < 1.29 is 17.6 Å². The van der Waals surface area contributed by atoms with Crippen LogP contribution in [0.1, 0.15) is 23.1 Å². The summed E-state index contributed by atoms with van der Waals surface area (Å²) in [6.45, 7) is 3.77. The molecule has 3 fully saturated rings. The number of hydrogen-bond donors (Lipinski definition) is 2. The third-order valence-corrected chi connectivity index (χ3v) is 9.82. The highest BCUT2D eigenvalue weighted by Crippen LogP contribution is 2.66. The molecule has 3 aliphatic rings. The fourth-order valence-electron chi connectivity index (χ4n) is 6.06. The second kappa shape index (κ2) is 8.70. The number of rotatable bonds is 7. The van der Waals surface area contributed by atoms with Crippen LogP contribution in [0.5, 0.6) is 0 Å². The summed E-state index contributed by atoms with van der Waals surface area (Å²) in [5.41, 5.74) is 3.04. The lowest BCUT2D eigenvalue weighted by Crippen LogP contribution is -2.46. The highest BCUT2D eigenvalue weighted by Gasteiger charge is 2.74. The third-order valence-electron chi connectivity index (χ3n) is 8.14. The zero-order valence-electron chi connectivity index (χ0n) is 21.1. The van der Waals surface area contributed by atoms with Crippen molar-refractivity contribution in [3.05, 3.63) is 65.1 Å². The molecule has 1 aromatic heterocycles. The zero-order valence-corrected chi connectivity index (χ0v) is 21.9. The molecular formula is C26H28FN7O3S. The molecule has 0 radical (unpaired) electrons. The fraction of sp³-hybridized carbons (Fsp3) is 0.385. The van der Waals surface area contributed by atoms with Gasteiger partial charge in [-0.25, -0.2) is 12.8 Å². The number of nitrogens with zero attached hydrogens (tertiary/aromatic N) is 5. The largest absolute Gasteiger partial charge is 0.355 e. The third kappa shape index (κ3) is 3.73. The van der Waals surface area contributed by atoms with Crippen LogP contribution >= 0.6 is 0 Å². The molecule has 0 unspecified atom stereocenters. The maximum absolute atomic E-state index is 13.5. The van der Waals surface area contributed by atoms with Crippen molar-refractivity contribution in [3.8, 4) is 0 Å². The summed E-state index contributed by atoms with van der Waals surface area (Å²) in [4.78, 5) is 16.5. The summed E-state index contributed by atoms with van der Waals surface area (Å²) in [5.74, 6) is -0.755. The van der Waals surface area contributed by atoms with Gasteiger partial charge >= 0.3 is 0 Å². The van der Waals surface area contributed by atoms with Crippen LogP contribution in [0.15, 0.2) is 47.6 Å². The second-order valence-electron chi connectivity index (χ2n) is 10.3. The Hall–Kier alpha value is -3.64. The van der Waals surface area contributed by atoms with E-state index in [1.165, 1.54) is 33.6 Å². The number of benzene rings is 2. The van der Waals surface area contributed by atoms with Gasteiger partial charge in [0, 0.05) is 61.8 Å². The molecule has 3 heterocycles. The molecule has 0 spiro atoms. The van der Waals surface area contributed by atoms with E-state index in [2.05, 4.69) is 15.5 Å². The van der Waals surface area contributed by atoms with Crippen molar-refractivity contribution in [1.82, 2.24) is 24.2 Å². The quantitative estimate of drug-likeness (QED) is 0.446. The van der Waals surface area contributed by atoms with E-state index in [1.54, 1.807) is 19.2 Å². The molecule has 3 aromatic rings. The van der Waals surface area contributed by atoms with Crippen molar-refractivity contribution in [1.29, 1.82) is 5.41 Å². The number of aromatic nitrogens is 3. The summed E-state index contributed by atoms with van der Waals surface area (Å²) in [6, 6.07) is 9.76. The van der Waals surface area contributed by atoms with Crippen LogP contribution in [0.2, 0.25) is 0 Å². The Morgan fingerprint density at radius 1 is 1.24 bits per heavy atom. The minimum absolute atomic E-state index is 0.0714. The monoisotopic (exact) mass is 537 g/mol. The number of likely N-dealkylation sites (tertiary alicyclic amines) is 1. The first-order valence-electron chi connectivity index (χ1n) is 12.5. The summed E-state index contributed by atoms with van der Waals surface area (Å²) in [5, 5.41) is 19.1. The van der Waals surface area contributed by atoms with Crippen molar-refractivity contribution >= 4 is 33.5 Å². The van der Waals surface area contributed by atoms with Crippen LogP contribution < -0.4 is 5.32 Å². The molecular weight excluding hydrogens is 509 g/mol. The molecule has 1 amide bonds. The Morgan fingerprint density at radius 3 is 2.58 bits per heavy atom. The standard InChI is InChI=1S/C26H28FN7O3S/c1-16-10-22(30-19-6-4-18(27)5-7-19)17(12-28)11-20(16)26-15-34(38(36,37)23-13-29-32(2)31-23)14-21(26)24(26)25(35)33-8-3-9-33/h4-7,10-13,21,24,28,30H,3,8-9,14-15H2,1-2H3/t21-,24+,26+/m0/s1. The molecule has 2 aliphatic heterocycles. The van der Waals surface area contributed by atoms with E-state index in [0.29, 0.717) is 16.9 Å². The smallest absolute Gasteiger partial charge is 0.264 e. The summed E-state index contributed by atoms with van der Waals surface area (Å²) in [6.07, 6.45) is 3.45. The normalized spacial score (nSPS) is 24.6. The van der Waals surface area contributed by atoms with Gasteiger partial charge in [-0.1, -0.05) is 0 Å². The van der Waals surface area contributed by atoms with Gasteiger partial charge in [0.1, 0.15) is 5.82 Å². The van der Waals surface area contributed by atoms with Gasteiger partial charge in [0.2, 0.25) is 10.9 Å². The lowest BCUT2D eigenvalue weighted by atomic mass is 9.87. The Bertz CT molecular complexity index is 1550. The van der Waals surface area contributed by atoms with Gasteiger partial charge in [-0.2, -0.15) is 14.2 Å². The number of carbonyl (C=O) groups excluding carboxylic acids is 1. The van der Waals surface area contributed by atoms with Gasteiger partial charge in [-0.05, 0) is 66.8 Å². The molecule has 6 rings (SSSR count). The fourth-order valence-corrected chi connectivity index (χ4v) is 7.47. The Labute approximate surface area is 220 Å². The number of nitrogens with one attached hydrogen (secondary N) is 2. The molecule has 3 atom stereocenters. The van der Waals surface area contributed by atoms with E-state index in [1.807, 2.05) is 24.0 Å². The molecule has 0 bridgehead atoms.